The first-order chi connectivity index (χ1) is 11.3. The Kier molecular flexibility index (Phi) is 2.65. The van der Waals surface area contributed by atoms with Gasteiger partial charge >= 0.3 is 0 Å². The van der Waals surface area contributed by atoms with Gasteiger partial charge in [0.15, 0.2) is 0 Å². The van der Waals surface area contributed by atoms with Gasteiger partial charge in [-0.05, 0) is 53.9 Å². The minimum absolute atomic E-state index is 0.422. The first-order valence-electron chi connectivity index (χ1n) is 8.22. The molecule has 0 amide bonds. The number of rotatable bonds is 1. The van der Waals surface area contributed by atoms with E-state index in [0.29, 0.717) is 12.0 Å². The highest BCUT2D eigenvalue weighted by molar-refractivity contribution is 5.89. The number of fused-ring (bicyclic) bond motifs is 4. The van der Waals surface area contributed by atoms with E-state index in [-0.39, 0.29) is 0 Å². The molecule has 23 heavy (non-hydrogen) atoms. The second kappa shape index (κ2) is 4.62. The van der Waals surface area contributed by atoms with Crippen molar-refractivity contribution in [1.82, 2.24) is 9.88 Å². The van der Waals surface area contributed by atoms with Gasteiger partial charge in [0.05, 0.1) is 7.11 Å². The molecule has 2 atom stereocenters. The third-order valence-corrected chi connectivity index (χ3v) is 5.64. The Morgan fingerprint density at radius 2 is 2.04 bits per heavy atom. The highest BCUT2D eigenvalue weighted by atomic mass is 16.5. The molecule has 0 saturated carbocycles. The SMILES string of the molecule is COc1ccc2c(c1)[C@@H]1c3cccc4[nH]cc(c34)C[C@H]1N(C)C2. The summed E-state index contributed by atoms with van der Waals surface area (Å²) >= 11 is 0. The number of aromatic amines is 1. The summed E-state index contributed by atoms with van der Waals surface area (Å²) in [4.78, 5) is 5.96. The van der Waals surface area contributed by atoms with Crippen molar-refractivity contribution in [2.45, 2.75) is 24.9 Å². The number of hydrogen-bond donors (Lipinski definition) is 1. The molecule has 0 spiro atoms. The van der Waals surface area contributed by atoms with E-state index in [2.05, 4.69) is 59.5 Å². The number of aromatic nitrogens is 1. The topological polar surface area (TPSA) is 28.3 Å². The van der Waals surface area contributed by atoms with Crippen molar-refractivity contribution in [2.24, 2.45) is 0 Å². The lowest BCUT2D eigenvalue weighted by atomic mass is 9.72. The smallest absolute Gasteiger partial charge is 0.119 e. The van der Waals surface area contributed by atoms with Crippen molar-refractivity contribution in [3.8, 4) is 5.75 Å². The third-order valence-electron chi connectivity index (χ3n) is 5.64. The number of nitrogens with zero attached hydrogens (tertiary/aromatic N) is 1. The normalized spacial score (nSPS) is 22.7. The summed E-state index contributed by atoms with van der Waals surface area (Å²) in [5.74, 6) is 1.38. The van der Waals surface area contributed by atoms with Crippen molar-refractivity contribution in [3.63, 3.8) is 0 Å². The molecule has 2 heterocycles. The summed E-state index contributed by atoms with van der Waals surface area (Å²) in [6.07, 6.45) is 3.30. The Bertz CT molecular complexity index is 911. The maximum atomic E-state index is 5.49. The van der Waals surface area contributed by atoms with Crippen molar-refractivity contribution < 1.29 is 4.74 Å². The molecule has 1 aliphatic carbocycles. The summed E-state index contributed by atoms with van der Waals surface area (Å²) < 4.78 is 5.49. The Hall–Kier alpha value is -2.26. The highest BCUT2D eigenvalue weighted by Crippen LogP contribution is 2.46. The largest absolute Gasteiger partial charge is 0.497 e. The molecule has 1 aliphatic heterocycles. The standard InChI is InChI=1S/C20H20N2O/c1-22-11-12-6-7-14(23-2)9-16(12)20-15-4-3-5-17-19(15)13(10-21-17)8-18(20)22/h3-7,9-10,18,20-21H,8,11H2,1-2H3/t18-,20+/m1/s1. The average Bonchev–Trinajstić information content (AvgIpc) is 3.00. The molecule has 0 radical (unpaired) electrons. The number of nitrogens with one attached hydrogen (secondary N) is 1. The van der Waals surface area contributed by atoms with E-state index in [1.165, 1.54) is 33.2 Å². The van der Waals surface area contributed by atoms with Gasteiger partial charge in [-0.2, -0.15) is 0 Å². The molecule has 3 nitrogen and oxygen atoms in total. The molecule has 1 aromatic heterocycles. The summed E-state index contributed by atoms with van der Waals surface area (Å²) in [7, 11) is 4.00. The minimum Gasteiger partial charge on any atom is -0.497 e. The van der Waals surface area contributed by atoms with Crippen LogP contribution >= 0.6 is 0 Å². The Balaban J connectivity index is 1.80. The molecule has 5 rings (SSSR count). The van der Waals surface area contributed by atoms with Crippen LogP contribution in [0.2, 0.25) is 0 Å². The van der Waals surface area contributed by atoms with E-state index >= 15 is 0 Å². The molecular weight excluding hydrogens is 284 g/mol. The van der Waals surface area contributed by atoms with E-state index in [0.717, 1.165) is 18.7 Å². The van der Waals surface area contributed by atoms with Crippen molar-refractivity contribution in [2.75, 3.05) is 14.2 Å². The number of H-pyrrole nitrogens is 1. The molecule has 2 aliphatic rings. The highest BCUT2D eigenvalue weighted by Gasteiger charge is 2.39. The van der Waals surface area contributed by atoms with Gasteiger partial charge in [-0.1, -0.05) is 18.2 Å². The fourth-order valence-corrected chi connectivity index (χ4v) is 4.56. The molecule has 1 N–H and O–H groups in total. The molecule has 0 saturated heterocycles. The first-order valence-corrected chi connectivity index (χ1v) is 8.22. The van der Waals surface area contributed by atoms with Gasteiger partial charge in [-0.3, -0.25) is 4.90 Å². The fraction of sp³-hybridized carbons (Fsp3) is 0.300. The van der Waals surface area contributed by atoms with Crippen LogP contribution in [-0.2, 0) is 13.0 Å². The zero-order valence-electron chi connectivity index (χ0n) is 13.5. The Morgan fingerprint density at radius 3 is 2.91 bits per heavy atom. The molecule has 116 valence electrons. The molecule has 3 aromatic rings. The number of likely N-dealkylation sites (N-methyl/N-ethyl adjacent to an activating group) is 1. The lowest BCUT2D eigenvalue weighted by Crippen LogP contribution is -2.44. The summed E-state index contributed by atoms with van der Waals surface area (Å²) in [5, 5.41) is 1.43. The van der Waals surface area contributed by atoms with Gasteiger partial charge in [0.25, 0.3) is 0 Å². The zero-order chi connectivity index (χ0) is 15.6. The van der Waals surface area contributed by atoms with Crippen LogP contribution in [0.4, 0.5) is 0 Å². The van der Waals surface area contributed by atoms with E-state index in [4.69, 9.17) is 4.74 Å². The molecule has 0 unspecified atom stereocenters. The molecule has 0 fully saturated rings. The summed E-state index contributed by atoms with van der Waals surface area (Å²) in [6.45, 7) is 1.01. The van der Waals surface area contributed by atoms with Crippen LogP contribution in [0.25, 0.3) is 10.9 Å². The number of hydrogen-bond acceptors (Lipinski definition) is 2. The molecule has 3 heteroatoms. The van der Waals surface area contributed by atoms with E-state index in [1.807, 2.05) is 0 Å². The van der Waals surface area contributed by atoms with Gasteiger partial charge < -0.3 is 9.72 Å². The van der Waals surface area contributed by atoms with E-state index in [1.54, 1.807) is 7.11 Å². The average molecular weight is 304 g/mol. The van der Waals surface area contributed by atoms with Gasteiger partial charge in [-0.15, -0.1) is 0 Å². The first kappa shape index (κ1) is 13.2. The van der Waals surface area contributed by atoms with E-state index in [9.17, 15) is 0 Å². The minimum atomic E-state index is 0.422. The second-order valence-corrected chi connectivity index (χ2v) is 6.81. The molecule has 0 bridgehead atoms. The van der Waals surface area contributed by atoms with Gasteiger partial charge in [0.2, 0.25) is 0 Å². The fourth-order valence-electron chi connectivity index (χ4n) is 4.56. The monoisotopic (exact) mass is 304 g/mol. The van der Waals surface area contributed by atoms with Crippen LogP contribution in [0.3, 0.4) is 0 Å². The summed E-state index contributed by atoms with van der Waals surface area (Å²) in [6, 6.07) is 13.7. The Labute approximate surface area is 135 Å². The van der Waals surface area contributed by atoms with E-state index < -0.39 is 0 Å². The quantitative estimate of drug-likeness (QED) is 0.743. The maximum Gasteiger partial charge on any atom is 0.119 e. The number of ether oxygens (including phenoxy) is 1. The lowest BCUT2D eigenvalue weighted by Gasteiger charge is -2.43. The lowest BCUT2D eigenvalue weighted by molar-refractivity contribution is 0.193. The third kappa shape index (κ3) is 1.74. The second-order valence-electron chi connectivity index (χ2n) is 6.81. The van der Waals surface area contributed by atoms with Crippen LogP contribution in [-0.4, -0.2) is 30.1 Å². The molecular formula is C20H20N2O. The van der Waals surface area contributed by atoms with Gasteiger partial charge in [-0.25, -0.2) is 0 Å². The van der Waals surface area contributed by atoms with Gasteiger partial charge in [0.1, 0.15) is 5.75 Å². The summed E-state index contributed by atoms with van der Waals surface area (Å²) in [5.41, 5.74) is 7.03. The van der Waals surface area contributed by atoms with Crippen molar-refractivity contribution in [1.29, 1.82) is 0 Å². The van der Waals surface area contributed by atoms with Crippen LogP contribution in [0.15, 0.2) is 42.6 Å². The zero-order valence-corrected chi connectivity index (χ0v) is 13.5. The van der Waals surface area contributed by atoms with Crippen molar-refractivity contribution >= 4 is 10.9 Å². The van der Waals surface area contributed by atoms with Gasteiger partial charge in [0, 0.05) is 35.6 Å². The van der Waals surface area contributed by atoms with Crippen LogP contribution in [0.1, 0.15) is 28.2 Å². The molecule has 2 aromatic carbocycles. The van der Waals surface area contributed by atoms with Crippen molar-refractivity contribution in [3.05, 3.63) is 64.8 Å². The van der Waals surface area contributed by atoms with Crippen LogP contribution < -0.4 is 4.74 Å². The predicted octanol–water partition coefficient (Wildman–Crippen LogP) is 3.68. The maximum absolute atomic E-state index is 5.49. The number of benzene rings is 2. The number of methoxy groups -OCH3 is 1. The van der Waals surface area contributed by atoms with Crippen LogP contribution in [0, 0.1) is 0 Å². The Morgan fingerprint density at radius 1 is 1.13 bits per heavy atom. The predicted molar refractivity (Wildman–Crippen MR) is 92.1 cm³/mol. The van der Waals surface area contributed by atoms with Crippen LogP contribution in [0.5, 0.6) is 5.75 Å².